The molecule has 3 fully saturated rings. The van der Waals surface area contributed by atoms with Crippen molar-refractivity contribution in [2.75, 3.05) is 44.2 Å². The zero-order valence-corrected chi connectivity index (χ0v) is 21.0. The smallest absolute Gasteiger partial charge is 0.234 e. The molecule has 5 nitrogen and oxygen atoms in total. The molecule has 1 amide bonds. The Morgan fingerprint density at radius 1 is 0.879 bits per heavy atom. The van der Waals surface area contributed by atoms with Gasteiger partial charge in [0, 0.05) is 57.9 Å². The lowest BCUT2D eigenvalue weighted by Gasteiger charge is -2.39. The number of piperazine rings is 1. The Kier molecular flexibility index (Phi) is 7.91. The van der Waals surface area contributed by atoms with Crippen LogP contribution in [0.25, 0.3) is 0 Å². The molecule has 0 atom stereocenters. The Morgan fingerprint density at radius 3 is 2.21 bits per heavy atom. The lowest BCUT2D eigenvalue weighted by molar-refractivity contribution is -0.128. The zero-order chi connectivity index (χ0) is 23.4. The van der Waals surface area contributed by atoms with Crippen molar-refractivity contribution in [3.63, 3.8) is 0 Å². The number of piperidine rings is 1. The first kappa shape index (κ1) is 24.4. The standard InChI is InChI=1S/C28H43N3O2/c1-28(2,3)19-22-7-9-23(10-8-22)20-29-13-15-30(16-14-29)21-24-5-4-6-25(17-24)31-12-11-26(32)18-27(31)33/h4-6,17,22-23H,7-16,18-21H2,1-3H3. The van der Waals surface area contributed by atoms with E-state index in [2.05, 4.69) is 42.7 Å². The van der Waals surface area contributed by atoms with Gasteiger partial charge in [0.15, 0.2) is 0 Å². The van der Waals surface area contributed by atoms with E-state index in [1.165, 1.54) is 44.2 Å². The maximum absolute atomic E-state index is 12.3. The largest absolute Gasteiger partial charge is 0.312 e. The Bertz CT molecular complexity index is 815. The molecule has 1 aromatic carbocycles. The van der Waals surface area contributed by atoms with E-state index < -0.39 is 0 Å². The highest BCUT2D eigenvalue weighted by Crippen LogP contribution is 2.36. The third-order valence-corrected chi connectivity index (χ3v) is 7.74. The molecule has 33 heavy (non-hydrogen) atoms. The van der Waals surface area contributed by atoms with Gasteiger partial charge in [0.05, 0.1) is 6.42 Å². The number of carbonyl (C=O) groups is 2. The van der Waals surface area contributed by atoms with E-state index in [0.29, 0.717) is 18.4 Å². The summed E-state index contributed by atoms with van der Waals surface area (Å²) in [5, 5.41) is 0. The molecular weight excluding hydrogens is 410 g/mol. The molecule has 2 aliphatic heterocycles. The predicted molar refractivity (Wildman–Crippen MR) is 134 cm³/mol. The molecular formula is C28H43N3O2. The molecule has 0 aromatic heterocycles. The van der Waals surface area contributed by atoms with Crippen molar-refractivity contribution in [2.24, 2.45) is 17.3 Å². The second-order valence-electron chi connectivity index (χ2n) is 11.9. The Morgan fingerprint density at radius 2 is 1.55 bits per heavy atom. The third-order valence-electron chi connectivity index (χ3n) is 7.74. The Labute approximate surface area is 200 Å². The van der Waals surface area contributed by atoms with Crippen molar-refractivity contribution in [2.45, 2.75) is 72.3 Å². The van der Waals surface area contributed by atoms with Crippen LogP contribution < -0.4 is 4.90 Å². The minimum Gasteiger partial charge on any atom is -0.312 e. The van der Waals surface area contributed by atoms with Crippen LogP contribution in [0.5, 0.6) is 0 Å². The number of carbonyl (C=O) groups excluding carboxylic acids is 2. The fourth-order valence-corrected chi connectivity index (χ4v) is 6.05. The molecule has 182 valence electrons. The van der Waals surface area contributed by atoms with Gasteiger partial charge >= 0.3 is 0 Å². The molecule has 0 radical (unpaired) electrons. The van der Waals surface area contributed by atoms with Gasteiger partial charge in [-0.2, -0.15) is 0 Å². The van der Waals surface area contributed by atoms with E-state index in [9.17, 15) is 9.59 Å². The van der Waals surface area contributed by atoms with Crippen molar-refractivity contribution < 1.29 is 9.59 Å². The topological polar surface area (TPSA) is 43.9 Å². The lowest BCUT2D eigenvalue weighted by atomic mass is 9.74. The highest BCUT2D eigenvalue weighted by molar-refractivity contribution is 6.08. The summed E-state index contributed by atoms with van der Waals surface area (Å²) in [4.78, 5) is 30.8. The van der Waals surface area contributed by atoms with Gasteiger partial charge in [-0.15, -0.1) is 0 Å². The van der Waals surface area contributed by atoms with Crippen LogP contribution in [-0.4, -0.2) is 60.8 Å². The average Bonchev–Trinajstić information content (AvgIpc) is 2.76. The maximum Gasteiger partial charge on any atom is 0.234 e. The van der Waals surface area contributed by atoms with Gasteiger partial charge < -0.3 is 9.80 Å². The molecule has 4 rings (SSSR count). The molecule has 5 heteroatoms. The van der Waals surface area contributed by atoms with Gasteiger partial charge in [-0.3, -0.25) is 14.5 Å². The van der Waals surface area contributed by atoms with E-state index in [1.807, 2.05) is 12.1 Å². The third kappa shape index (κ3) is 7.13. The minimum absolute atomic E-state index is 0.0461. The molecule has 0 spiro atoms. The van der Waals surface area contributed by atoms with E-state index in [1.54, 1.807) is 4.90 Å². The average molecular weight is 454 g/mol. The summed E-state index contributed by atoms with van der Waals surface area (Å²) in [6, 6.07) is 8.33. The highest BCUT2D eigenvalue weighted by atomic mass is 16.2. The van der Waals surface area contributed by atoms with E-state index in [-0.39, 0.29) is 18.1 Å². The number of hydrogen-bond donors (Lipinski definition) is 0. The predicted octanol–water partition coefficient (Wildman–Crippen LogP) is 4.74. The van der Waals surface area contributed by atoms with Crippen LogP contribution in [0.2, 0.25) is 0 Å². The fourth-order valence-electron chi connectivity index (χ4n) is 6.05. The summed E-state index contributed by atoms with van der Waals surface area (Å²) < 4.78 is 0. The SMILES string of the molecule is CC(C)(C)CC1CCC(CN2CCN(Cc3cccc(N4CCC(=O)CC4=O)c3)CC2)CC1. The maximum atomic E-state index is 12.3. The first-order chi connectivity index (χ1) is 15.7. The summed E-state index contributed by atoms with van der Waals surface area (Å²) in [6.45, 7) is 14.4. The molecule has 1 aliphatic carbocycles. The molecule has 2 heterocycles. The number of rotatable bonds is 6. The quantitative estimate of drug-likeness (QED) is 0.584. The van der Waals surface area contributed by atoms with Crippen molar-refractivity contribution >= 4 is 17.4 Å². The molecule has 1 saturated carbocycles. The van der Waals surface area contributed by atoms with Crippen molar-refractivity contribution in [1.82, 2.24) is 9.80 Å². The summed E-state index contributed by atoms with van der Waals surface area (Å²) in [7, 11) is 0. The number of hydrogen-bond acceptors (Lipinski definition) is 4. The first-order valence-corrected chi connectivity index (χ1v) is 13.1. The number of anilines is 1. The second kappa shape index (κ2) is 10.7. The van der Waals surface area contributed by atoms with Crippen molar-refractivity contribution in [1.29, 1.82) is 0 Å². The molecule has 3 aliphatic rings. The van der Waals surface area contributed by atoms with E-state index >= 15 is 0 Å². The van der Waals surface area contributed by atoms with Gasteiger partial charge in [-0.25, -0.2) is 0 Å². The summed E-state index contributed by atoms with van der Waals surface area (Å²) in [5.74, 6) is 1.82. The van der Waals surface area contributed by atoms with Gasteiger partial charge in [0.25, 0.3) is 0 Å². The summed E-state index contributed by atoms with van der Waals surface area (Å²) in [5.41, 5.74) is 2.66. The van der Waals surface area contributed by atoms with Gasteiger partial charge in [-0.1, -0.05) is 45.7 Å². The van der Waals surface area contributed by atoms with Crippen LogP contribution in [0.3, 0.4) is 0 Å². The number of Topliss-reactive ketones (excluding diaryl/α,β-unsaturated/α-hetero) is 1. The first-order valence-electron chi connectivity index (χ1n) is 13.1. The molecule has 0 N–H and O–H groups in total. The number of nitrogens with zero attached hydrogens (tertiary/aromatic N) is 3. The van der Waals surface area contributed by atoms with Crippen LogP contribution >= 0.6 is 0 Å². The molecule has 2 saturated heterocycles. The van der Waals surface area contributed by atoms with Crippen molar-refractivity contribution in [3.05, 3.63) is 29.8 Å². The van der Waals surface area contributed by atoms with Gasteiger partial charge in [0.1, 0.15) is 5.78 Å². The van der Waals surface area contributed by atoms with Crippen LogP contribution in [0.4, 0.5) is 5.69 Å². The van der Waals surface area contributed by atoms with Crippen molar-refractivity contribution in [3.8, 4) is 0 Å². The highest BCUT2D eigenvalue weighted by Gasteiger charge is 2.28. The van der Waals surface area contributed by atoms with E-state index in [0.717, 1.165) is 50.2 Å². The number of benzene rings is 1. The number of ketones is 1. The van der Waals surface area contributed by atoms with Crippen LogP contribution in [0.1, 0.15) is 71.3 Å². The van der Waals surface area contributed by atoms with Gasteiger partial charge in [0.2, 0.25) is 5.91 Å². The molecule has 0 unspecified atom stereocenters. The molecule has 0 bridgehead atoms. The van der Waals surface area contributed by atoms with E-state index in [4.69, 9.17) is 0 Å². The van der Waals surface area contributed by atoms with Gasteiger partial charge in [-0.05, 0) is 54.2 Å². The summed E-state index contributed by atoms with van der Waals surface area (Å²) >= 11 is 0. The fraction of sp³-hybridized carbons (Fsp3) is 0.714. The van der Waals surface area contributed by atoms with Crippen LogP contribution in [0, 0.1) is 17.3 Å². The normalized spacial score (nSPS) is 26.1. The monoisotopic (exact) mass is 453 g/mol. The Hall–Kier alpha value is -1.72. The van der Waals surface area contributed by atoms with Crippen LogP contribution in [-0.2, 0) is 16.1 Å². The molecule has 1 aromatic rings. The minimum atomic E-state index is -0.0653. The number of amides is 1. The van der Waals surface area contributed by atoms with Crippen LogP contribution in [0.15, 0.2) is 24.3 Å². The Balaban J connectivity index is 1.20. The lowest BCUT2D eigenvalue weighted by Crippen LogP contribution is -2.47. The zero-order valence-electron chi connectivity index (χ0n) is 21.0. The summed E-state index contributed by atoms with van der Waals surface area (Å²) in [6.07, 6.45) is 7.56. The second-order valence-corrected chi connectivity index (χ2v) is 11.9.